The van der Waals surface area contributed by atoms with Gasteiger partial charge in [0.05, 0.1) is 0 Å². The highest BCUT2D eigenvalue weighted by molar-refractivity contribution is 5.66. The minimum absolute atomic E-state index is 0.192. The van der Waals surface area contributed by atoms with Gasteiger partial charge in [0.1, 0.15) is 0 Å². The van der Waals surface area contributed by atoms with Crippen LogP contribution in [0.2, 0.25) is 0 Å². The zero-order chi connectivity index (χ0) is 16.2. The van der Waals surface area contributed by atoms with E-state index in [1.54, 1.807) is 0 Å². The van der Waals surface area contributed by atoms with Crippen molar-refractivity contribution in [3.8, 4) is 0 Å². The molecule has 0 radical (unpaired) electrons. The van der Waals surface area contributed by atoms with Gasteiger partial charge in [0.25, 0.3) is 0 Å². The highest BCUT2D eigenvalue weighted by Crippen LogP contribution is 2.34. The number of hydrogen-bond acceptors (Lipinski definition) is 0. The molecule has 0 saturated carbocycles. The molecule has 116 valence electrons. The smallest absolute Gasteiger partial charge is 0.210 e. The van der Waals surface area contributed by atoms with Crippen molar-refractivity contribution in [3.05, 3.63) is 53.6 Å². The van der Waals surface area contributed by atoms with Crippen LogP contribution in [0.25, 0.3) is 5.57 Å². The van der Waals surface area contributed by atoms with Gasteiger partial charge in [-0.2, -0.15) is 0 Å². The first-order valence-electron chi connectivity index (χ1n) is 7.45. The molecule has 0 aliphatic rings. The van der Waals surface area contributed by atoms with Crippen molar-refractivity contribution >= 4 is 5.57 Å². The van der Waals surface area contributed by atoms with E-state index in [1.807, 2.05) is 32.0 Å². The second kappa shape index (κ2) is 7.53. The molecule has 0 aliphatic carbocycles. The summed E-state index contributed by atoms with van der Waals surface area (Å²) >= 11 is 0. The Bertz CT molecular complexity index is 514. The summed E-state index contributed by atoms with van der Waals surface area (Å²) in [6.45, 7) is 16.2. The first kappa shape index (κ1) is 17.6. The van der Waals surface area contributed by atoms with Crippen LogP contribution in [-0.4, -0.2) is 6.43 Å². The van der Waals surface area contributed by atoms with Crippen molar-refractivity contribution in [2.24, 2.45) is 5.92 Å². The molecule has 0 aromatic heterocycles. The molecule has 0 amide bonds. The summed E-state index contributed by atoms with van der Waals surface area (Å²) in [5, 5.41) is 0. The monoisotopic (exact) mass is 292 g/mol. The van der Waals surface area contributed by atoms with Gasteiger partial charge < -0.3 is 0 Å². The van der Waals surface area contributed by atoms with Gasteiger partial charge in [0, 0.05) is 6.42 Å². The Labute approximate surface area is 127 Å². The van der Waals surface area contributed by atoms with E-state index in [2.05, 4.69) is 27.0 Å². The molecule has 0 bridgehead atoms. The van der Waals surface area contributed by atoms with E-state index in [0.29, 0.717) is 5.92 Å². The molecule has 0 aliphatic heterocycles. The Morgan fingerprint density at radius 2 is 1.76 bits per heavy atom. The minimum Gasteiger partial charge on any atom is -0.210 e. The predicted octanol–water partition coefficient (Wildman–Crippen LogP) is 6.23. The van der Waals surface area contributed by atoms with Gasteiger partial charge >= 0.3 is 0 Å². The van der Waals surface area contributed by atoms with Crippen molar-refractivity contribution in [1.82, 2.24) is 0 Å². The van der Waals surface area contributed by atoms with Crippen LogP contribution >= 0.6 is 0 Å². The molecule has 2 unspecified atom stereocenters. The lowest BCUT2D eigenvalue weighted by molar-refractivity contribution is 0.148. The molecule has 0 heterocycles. The fourth-order valence-corrected chi connectivity index (χ4v) is 2.76. The Kier molecular flexibility index (Phi) is 6.32. The lowest BCUT2D eigenvalue weighted by Crippen LogP contribution is -2.10. The minimum atomic E-state index is -2.32. The average molecular weight is 292 g/mol. The zero-order valence-electron chi connectivity index (χ0n) is 13.5. The molecule has 0 fully saturated rings. The third kappa shape index (κ3) is 4.80. The van der Waals surface area contributed by atoms with Gasteiger partial charge in [-0.15, -0.1) is 0 Å². The Hall–Kier alpha value is -1.44. The molecule has 2 atom stereocenters. The van der Waals surface area contributed by atoms with Gasteiger partial charge in [-0.25, -0.2) is 8.78 Å². The third-order valence-corrected chi connectivity index (χ3v) is 4.07. The molecular formula is C19H26F2. The van der Waals surface area contributed by atoms with Gasteiger partial charge in [-0.3, -0.25) is 0 Å². The quantitative estimate of drug-likeness (QED) is 0.522. The van der Waals surface area contributed by atoms with Crippen molar-refractivity contribution in [2.45, 2.75) is 52.9 Å². The normalized spacial score (nSPS) is 14.0. The van der Waals surface area contributed by atoms with Crippen LogP contribution in [0.1, 0.15) is 56.7 Å². The molecular weight excluding hydrogens is 266 g/mol. The number of alkyl halides is 2. The highest BCUT2D eigenvalue weighted by atomic mass is 19.3. The molecule has 0 nitrogen and oxygen atoms in total. The fraction of sp³-hybridized carbons (Fsp3) is 0.474. The van der Waals surface area contributed by atoms with Gasteiger partial charge in [0.15, 0.2) is 0 Å². The third-order valence-electron chi connectivity index (χ3n) is 4.07. The van der Waals surface area contributed by atoms with Crippen molar-refractivity contribution < 1.29 is 8.78 Å². The first-order chi connectivity index (χ1) is 9.73. The zero-order valence-corrected chi connectivity index (χ0v) is 13.5. The van der Waals surface area contributed by atoms with E-state index < -0.39 is 6.43 Å². The first-order valence-corrected chi connectivity index (χ1v) is 7.45. The summed E-state index contributed by atoms with van der Waals surface area (Å²) in [5.41, 5.74) is 4.83. The molecule has 1 aromatic carbocycles. The molecule has 1 rings (SSSR count). The Balaban J connectivity index is 3.22. The lowest BCUT2D eigenvalue weighted by atomic mass is 9.81. The largest absolute Gasteiger partial charge is 0.242 e. The second-order valence-corrected chi connectivity index (χ2v) is 6.14. The number of benzene rings is 1. The van der Waals surface area contributed by atoms with Crippen LogP contribution in [0.3, 0.4) is 0 Å². The SMILES string of the molecule is C=C(C)c1cccc(CC(F)F)c1C(C)CC(C)C(=C)C. The van der Waals surface area contributed by atoms with Gasteiger partial charge in [0.2, 0.25) is 6.43 Å². The van der Waals surface area contributed by atoms with Crippen LogP contribution in [0, 0.1) is 5.92 Å². The fourth-order valence-electron chi connectivity index (χ4n) is 2.76. The summed E-state index contributed by atoms with van der Waals surface area (Å²) < 4.78 is 25.7. The van der Waals surface area contributed by atoms with E-state index in [9.17, 15) is 8.78 Å². The molecule has 0 spiro atoms. The second-order valence-electron chi connectivity index (χ2n) is 6.14. The number of hydrogen-bond donors (Lipinski definition) is 0. The van der Waals surface area contributed by atoms with E-state index in [1.165, 1.54) is 0 Å². The summed E-state index contributed by atoms with van der Waals surface area (Å²) in [5.74, 6) is 0.580. The predicted molar refractivity (Wildman–Crippen MR) is 87.9 cm³/mol. The van der Waals surface area contributed by atoms with E-state index in [0.717, 1.165) is 34.3 Å². The van der Waals surface area contributed by atoms with E-state index in [4.69, 9.17) is 0 Å². The molecule has 1 aromatic rings. The van der Waals surface area contributed by atoms with Crippen LogP contribution in [0.5, 0.6) is 0 Å². The van der Waals surface area contributed by atoms with Crippen molar-refractivity contribution in [1.29, 1.82) is 0 Å². The molecule has 0 N–H and O–H groups in total. The Morgan fingerprint density at radius 3 is 2.24 bits per heavy atom. The van der Waals surface area contributed by atoms with E-state index in [-0.39, 0.29) is 12.3 Å². The van der Waals surface area contributed by atoms with Crippen LogP contribution in [0.4, 0.5) is 8.78 Å². The number of rotatable bonds is 7. The number of halogens is 2. The van der Waals surface area contributed by atoms with Crippen molar-refractivity contribution in [2.75, 3.05) is 0 Å². The topological polar surface area (TPSA) is 0 Å². The maximum atomic E-state index is 12.9. The summed E-state index contributed by atoms with van der Waals surface area (Å²) in [6, 6.07) is 5.64. The molecule has 21 heavy (non-hydrogen) atoms. The summed E-state index contributed by atoms with van der Waals surface area (Å²) in [6.07, 6.45) is -1.60. The summed E-state index contributed by atoms with van der Waals surface area (Å²) in [4.78, 5) is 0. The maximum Gasteiger partial charge on any atom is 0.242 e. The lowest BCUT2D eigenvalue weighted by Gasteiger charge is -2.24. The molecule has 2 heteroatoms. The van der Waals surface area contributed by atoms with Crippen LogP contribution in [-0.2, 0) is 6.42 Å². The molecule has 0 saturated heterocycles. The number of allylic oxidation sites excluding steroid dienone is 2. The highest BCUT2D eigenvalue weighted by Gasteiger charge is 2.20. The summed E-state index contributed by atoms with van der Waals surface area (Å²) in [7, 11) is 0. The van der Waals surface area contributed by atoms with Crippen LogP contribution < -0.4 is 0 Å². The maximum absolute atomic E-state index is 12.9. The van der Waals surface area contributed by atoms with Crippen molar-refractivity contribution in [3.63, 3.8) is 0 Å². The van der Waals surface area contributed by atoms with Gasteiger partial charge in [-0.1, -0.05) is 56.4 Å². The van der Waals surface area contributed by atoms with E-state index >= 15 is 0 Å². The Morgan fingerprint density at radius 1 is 1.14 bits per heavy atom. The van der Waals surface area contributed by atoms with Crippen LogP contribution in [0.15, 0.2) is 36.9 Å². The standard InChI is InChI=1S/C19H26F2/c1-12(2)14(5)10-15(6)19-16(11-18(20)21)8-7-9-17(19)13(3)4/h7-9,14-15,18H,1,3,10-11H2,2,4-6H3. The van der Waals surface area contributed by atoms with Gasteiger partial charge in [-0.05, 0) is 48.8 Å². The average Bonchev–Trinajstić information content (AvgIpc) is 2.37.